The van der Waals surface area contributed by atoms with Crippen LogP contribution in [0, 0.1) is 19.8 Å². The second kappa shape index (κ2) is 7.12. The number of nitrogens with two attached hydrogens (primary N) is 1. The normalized spacial score (nSPS) is 21.7. The number of rotatable bonds is 3. The highest BCUT2D eigenvalue weighted by Gasteiger charge is 2.34. The maximum Gasteiger partial charge on any atom is 0.226 e. The number of hydrogen-bond acceptors (Lipinski definition) is 6. The second-order valence-corrected chi connectivity index (χ2v) is 8.69. The lowest BCUT2D eigenvalue weighted by Gasteiger charge is -2.35. The molecule has 2 N–H and O–H groups in total. The van der Waals surface area contributed by atoms with Crippen LogP contribution < -0.4 is 10.6 Å². The molecule has 1 amide bonds. The number of carbonyl (C=O) groups is 1. The van der Waals surface area contributed by atoms with Crippen LogP contribution in [-0.4, -0.2) is 53.0 Å². The Hall–Kier alpha value is -1.73. The Morgan fingerprint density at radius 1 is 1.23 bits per heavy atom. The van der Waals surface area contributed by atoms with Crippen molar-refractivity contribution in [3.63, 3.8) is 0 Å². The number of amides is 1. The molecule has 6 nitrogen and oxygen atoms in total. The summed E-state index contributed by atoms with van der Waals surface area (Å²) in [6.07, 6.45) is 5.58. The Labute approximate surface area is 158 Å². The van der Waals surface area contributed by atoms with Crippen LogP contribution in [0.2, 0.25) is 0 Å². The molecule has 0 saturated carbocycles. The summed E-state index contributed by atoms with van der Waals surface area (Å²) in [6.45, 7) is 7.50. The molecule has 2 aliphatic heterocycles. The lowest BCUT2D eigenvalue weighted by Crippen LogP contribution is -2.46. The van der Waals surface area contributed by atoms with E-state index >= 15 is 0 Å². The fourth-order valence-corrected chi connectivity index (χ4v) is 5.34. The summed E-state index contributed by atoms with van der Waals surface area (Å²) in [7, 11) is 0. The highest BCUT2D eigenvalue weighted by molar-refractivity contribution is 7.18. The van der Waals surface area contributed by atoms with Gasteiger partial charge in [0, 0.05) is 43.0 Å². The Bertz CT molecular complexity index is 812. The summed E-state index contributed by atoms with van der Waals surface area (Å²) in [5, 5.41) is 1.18. The van der Waals surface area contributed by atoms with Gasteiger partial charge in [-0.2, -0.15) is 0 Å². The van der Waals surface area contributed by atoms with Crippen molar-refractivity contribution in [2.24, 2.45) is 11.7 Å². The van der Waals surface area contributed by atoms with Gasteiger partial charge in [-0.3, -0.25) is 4.79 Å². The first-order chi connectivity index (χ1) is 12.6. The molecule has 0 aliphatic carbocycles. The molecular weight excluding hydrogens is 346 g/mol. The molecular formula is C19H27N5OS. The molecule has 2 aromatic heterocycles. The van der Waals surface area contributed by atoms with Crippen LogP contribution in [0.4, 0.5) is 5.82 Å². The largest absolute Gasteiger partial charge is 0.356 e. The lowest BCUT2D eigenvalue weighted by molar-refractivity contribution is -0.136. The Kier molecular flexibility index (Phi) is 4.84. The van der Waals surface area contributed by atoms with Crippen molar-refractivity contribution in [1.82, 2.24) is 14.9 Å². The van der Waals surface area contributed by atoms with E-state index in [-0.39, 0.29) is 12.0 Å². The third kappa shape index (κ3) is 2.97. The molecule has 1 atom stereocenters. The molecule has 2 aliphatic rings. The Morgan fingerprint density at radius 2 is 2.00 bits per heavy atom. The molecule has 2 saturated heterocycles. The minimum Gasteiger partial charge on any atom is -0.356 e. The molecule has 0 bridgehead atoms. The molecule has 7 heteroatoms. The zero-order valence-corrected chi connectivity index (χ0v) is 16.4. The first kappa shape index (κ1) is 17.7. The van der Waals surface area contributed by atoms with Gasteiger partial charge in [0.15, 0.2) is 0 Å². The number of nitrogens with zero attached hydrogens (tertiary/aromatic N) is 4. The van der Waals surface area contributed by atoms with E-state index in [1.165, 1.54) is 15.8 Å². The van der Waals surface area contributed by atoms with Gasteiger partial charge in [-0.25, -0.2) is 9.97 Å². The quantitative estimate of drug-likeness (QED) is 0.894. The third-order valence-electron chi connectivity index (χ3n) is 6.02. The molecule has 0 aromatic carbocycles. The standard InChI is InChI=1S/C19H27N5OS/c1-12-13(2)26-18-16(12)17(21-11-22-18)23-8-5-14(6-9-23)19(25)24-7-3-4-15(24)10-20/h11,14-15H,3-10,20H2,1-2H3. The van der Waals surface area contributed by atoms with Crippen LogP contribution >= 0.6 is 11.3 Å². The molecule has 0 radical (unpaired) electrons. The number of hydrogen-bond donors (Lipinski definition) is 1. The van der Waals surface area contributed by atoms with Gasteiger partial charge in [-0.1, -0.05) is 0 Å². The zero-order chi connectivity index (χ0) is 18.3. The molecule has 140 valence electrons. The molecule has 1 unspecified atom stereocenters. The number of thiophene rings is 1. The first-order valence-electron chi connectivity index (χ1n) is 9.56. The fraction of sp³-hybridized carbons (Fsp3) is 0.632. The van der Waals surface area contributed by atoms with Crippen LogP contribution in [0.3, 0.4) is 0 Å². The Balaban J connectivity index is 1.48. The van der Waals surface area contributed by atoms with Crippen LogP contribution in [0.15, 0.2) is 6.33 Å². The van der Waals surface area contributed by atoms with Crippen molar-refractivity contribution in [1.29, 1.82) is 0 Å². The molecule has 2 aromatic rings. The Morgan fingerprint density at radius 3 is 2.73 bits per heavy atom. The third-order valence-corrected chi connectivity index (χ3v) is 7.14. The second-order valence-electron chi connectivity index (χ2n) is 7.49. The number of carbonyl (C=O) groups excluding carboxylic acids is 1. The number of anilines is 1. The van der Waals surface area contributed by atoms with Gasteiger partial charge in [0.05, 0.1) is 5.39 Å². The molecule has 0 spiro atoms. The van der Waals surface area contributed by atoms with E-state index in [9.17, 15) is 4.79 Å². The number of fused-ring (bicyclic) bond motifs is 1. The highest BCUT2D eigenvalue weighted by Crippen LogP contribution is 2.36. The smallest absolute Gasteiger partial charge is 0.226 e. The van der Waals surface area contributed by atoms with Gasteiger partial charge in [0.2, 0.25) is 5.91 Å². The van der Waals surface area contributed by atoms with Crippen molar-refractivity contribution in [3.8, 4) is 0 Å². The van der Waals surface area contributed by atoms with Crippen LogP contribution in [0.5, 0.6) is 0 Å². The maximum atomic E-state index is 12.9. The van der Waals surface area contributed by atoms with E-state index in [2.05, 4.69) is 28.7 Å². The van der Waals surface area contributed by atoms with Crippen molar-refractivity contribution >= 4 is 33.3 Å². The van der Waals surface area contributed by atoms with Gasteiger partial charge >= 0.3 is 0 Å². The van der Waals surface area contributed by atoms with E-state index < -0.39 is 0 Å². The number of aryl methyl sites for hydroxylation is 2. The van der Waals surface area contributed by atoms with E-state index in [0.717, 1.165) is 56.0 Å². The predicted octanol–water partition coefficient (Wildman–Crippen LogP) is 2.47. The highest BCUT2D eigenvalue weighted by atomic mass is 32.1. The van der Waals surface area contributed by atoms with E-state index in [1.807, 2.05) is 4.90 Å². The van der Waals surface area contributed by atoms with Crippen molar-refractivity contribution in [2.45, 2.75) is 45.6 Å². The fourth-order valence-electron chi connectivity index (χ4n) is 4.35. The maximum absolute atomic E-state index is 12.9. The van der Waals surface area contributed by atoms with Crippen LogP contribution in [-0.2, 0) is 4.79 Å². The van der Waals surface area contributed by atoms with Gasteiger partial charge in [-0.15, -0.1) is 11.3 Å². The van der Waals surface area contributed by atoms with Crippen molar-refractivity contribution in [2.75, 3.05) is 31.1 Å². The molecule has 2 fully saturated rings. The minimum atomic E-state index is 0.126. The van der Waals surface area contributed by atoms with Gasteiger partial charge in [-0.05, 0) is 45.1 Å². The van der Waals surface area contributed by atoms with Gasteiger partial charge in [0.25, 0.3) is 0 Å². The molecule has 4 heterocycles. The summed E-state index contributed by atoms with van der Waals surface area (Å²) in [6, 6.07) is 0.249. The first-order valence-corrected chi connectivity index (χ1v) is 10.4. The molecule has 4 rings (SSSR count). The number of piperidine rings is 1. The van der Waals surface area contributed by atoms with E-state index in [4.69, 9.17) is 5.73 Å². The molecule has 26 heavy (non-hydrogen) atoms. The van der Waals surface area contributed by atoms with Crippen molar-refractivity contribution < 1.29 is 4.79 Å². The predicted molar refractivity (Wildman–Crippen MR) is 106 cm³/mol. The monoisotopic (exact) mass is 373 g/mol. The number of aromatic nitrogens is 2. The van der Waals surface area contributed by atoms with Gasteiger partial charge in [0.1, 0.15) is 17.0 Å². The summed E-state index contributed by atoms with van der Waals surface area (Å²) in [5.74, 6) is 1.47. The average Bonchev–Trinajstić information content (AvgIpc) is 3.26. The summed E-state index contributed by atoms with van der Waals surface area (Å²) in [4.78, 5) is 28.7. The van der Waals surface area contributed by atoms with Gasteiger partial charge < -0.3 is 15.5 Å². The summed E-state index contributed by atoms with van der Waals surface area (Å²) < 4.78 is 0. The number of likely N-dealkylation sites (tertiary alicyclic amines) is 1. The van der Waals surface area contributed by atoms with E-state index in [0.29, 0.717) is 12.5 Å². The van der Waals surface area contributed by atoms with Crippen molar-refractivity contribution in [3.05, 3.63) is 16.8 Å². The van der Waals surface area contributed by atoms with Crippen LogP contribution in [0.1, 0.15) is 36.1 Å². The average molecular weight is 374 g/mol. The minimum absolute atomic E-state index is 0.126. The van der Waals surface area contributed by atoms with Crippen LogP contribution in [0.25, 0.3) is 10.2 Å². The van der Waals surface area contributed by atoms with E-state index in [1.54, 1.807) is 17.7 Å². The zero-order valence-electron chi connectivity index (χ0n) is 15.6. The SMILES string of the molecule is Cc1sc2ncnc(N3CCC(C(=O)N4CCCC4CN)CC3)c2c1C. The lowest BCUT2D eigenvalue weighted by atomic mass is 9.94. The summed E-state index contributed by atoms with van der Waals surface area (Å²) >= 11 is 1.73. The summed E-state index contributed by atoms with van der Waals surface area (Å²) in [5.41, 5.74) is 7.12. The topological polar surface area (TPSA) is 75.4 Å².